The number of nitrogens with one attached hydrogen (secondary N) is 2. The molecule has 0 aliphatic carbocycles. The number of carbonyl (C=O) groups is 1. The lowest BCUT2D eigenvalue weighted by Crippen LogP contribution is -2.15. The van der Waals surface area contributed by atoms with Crippen molar-refractivity contribution in [1.29, 1.82) is 0 Å². The van der Waals surface area contributed by atoms with E-state index in [1.165, 1.54) is 6.20 Å². The van der Waals surface area contributed by atoms with E-state index < -0.39 is 0 Å². The molecule has 4 aromatic rings. The third-order valence-electron chi connectivity index (χ3n) is 3.89. The van der Waals surface area contributed by atoms with Crippen molar-refractivity contribution in [3.63, 3.8) is 0 Å². The molecule has 140 valence electrons. The highest BCUT2D eigenvalue weighted by Gasteiger charge is 2.13. The Bertz CT molecular complexity index is 1190. The summed E-state index contributed by atoms with van der Waals surface area (Å²) in [6.07, 6.45) is 1.48. The van der Waals surface area contributed by atoms with Gasteiger partial charge in [0.1, 0.15) is 5.39 Å². The molecule has 9 heteroatoms. The van der Waals surface area contributed by atoms with E-state index in [4.69, 9.17) is 11.6 Å². The number of anilines is 1. The summed E-state index contributed by atoms with van der Waals surface area (Å²) in [6, 6.07) is 16.2. The molecule has 0 bridgehead atoms. The van der Waals surface area contributed by atoms with Crippen molar-refractivity contribution in [1.82, 2.24) is 19.7 Å². The zero-order valence-electron chi connectivity index (χ0n) is 14.4. The zero-order valence-corrected chi connectivity index (χ0v) is 16.0. The Morgan fingerprint density at radius 1 is 1.14 bits per heavy atom. The van der Waals surface area contributed by atoms with Gasteiger partial charge in [0.05, 0.1) is 17.6 Å². The Labute approximate surface area is 168 Å². The molecule has 0 saturated carbocycles. The second-order valence-electron chi connectivity index (χ2n) is 5.84. The average Bonchev–Trinajstić information content (AvgIpc) is 3.13. The molecule has 0 unspecified atom stereocenters. The van der Waals surface area contributed by atoms with Crippen LogP contribution in [0.15, 0.2) is 70.7 Å². The van der Waals surface area contributed by atoms with Gasteiger partial charge in [-0.15, -0.1) is 0 Å². The van der Waals surface area contributed by atoms with Crippen molar-refractivity contribution in [2.24, 2.45) is 0 Å². The minimum absolute atomic E-state index is 0.0938. The molecule has 0 saturated heterocycles. The Hall–Kier alpha value is -3.10. The first kappa shape index (κ1) is 18.3. The first-order chi connectivity index (χ1) is 13.6. The fourth-order valence-corrected chi connectivity index (χ4v) is 3.37. The summed E-state index contributed by atoms with van der Waals surface area (Å²) < 4.78 is 1.60. The van der Waals surface area contributed by atoms with E-state index >= 15 is 0 Å². The Morgan fingerprint density at radius 2 is 1.89 bits per heavy atom. The number of rotatable bonds is 5. The van der Waals surface area contributed by atoms with Crippen molar-refractivity contribution >= 4 is 46.0 Å². The van der Waals surface area contributed by atoms with E-state index in [0.29, 0.717) is 26.9 Å². The number of nitrogens with zero attached hydrogens (tertiary/aromatic N) is 3. The maximum absolute atomic E-state index is 12.3. The third-order valence-corrected chi connectivity index (χ3v) is 5.01. The lowest BCUT2D eigenvalue weighted by Gasteiger charge is -2.06. The molecular weight excluding hydrogens is 398 g/mol. The minimum atomic E-state index is -0.298. The predicted octanol–water partition coefficient (Wildman–Crippen LogP) is 3.49. The number of H-pyrrole nitrogens is 1. The summed E-state index contributed by atoms with van der Waals surface area (Å²) in [5, 5.41) is 8.36. The summed E-state index contributed by atoms with van der Waals surface area (Å²) in [4.78, 5) is 31.7. The van der Waals surface area contributed by atoms with Crippen LogP contribution in [0.4, 0.5) is 5.69 Å². The van der Waals surface area contributed by atoms with Crippen LogP contribution in [-0.2, 0) is 4.79 Å². The topological polar surface area (TPSA) is 92.7 Å². The van der Waals surface area contributed by atoms with Crippen molar-refractivity contribution in [3.05, 3.63) is 76.2 Å². The van der Waals surface area contributed by atoms with E-state index in [1.54, 1.807) is 28.9 Å². The van der Waals surface area contributed by atoms with Gasteiger partial charge in [-0.05, 0) is 36.4 Å². The van der Waals surface area contributed by atoms with Gasteiger partial charge in [0.25, 0.3) is 5.56 Å². The van der Waals surface area contributed by atoms with E-state index in [-0.39, 0.29) is 17.2 Å². The van der Waals surface area contributed by atoms with Gasteiger partial charge in [0.2, 0.25) is 5.91 Å². The molecule has 4 rings (SSSR count). The number of carbonyl (C=O) groups excluding carboxylic acids is 1. The van der Waals surface area contributed by atoms with Gasteiger partial charge in [0.15, 0.2) is 10.8 Å². The SMILES string of the molecule is O=C(CSc1nc2c(cnn2-c2ccccc2)c(=O)[nH]1)Nc1ccc(Cl)cc1. The number of amides is 1. The number of aromatic amines is 1. The van der Waals surface area contributed by atoms with Gasteiger partial charge >= 0.3 is 0 Å². The predicted molar refractivity (Wildman–Crippen MR) is 110 cm³/mol. The van der Waals surface area contributed by atoms with Crippen molar-refractivity contribution in [2.75, 3.05) is 11.1 Å². The Morgan fingerprint density at radius 3 is 2.64 bits per heavy atom. The van der Waals surface area contributed by atoms with Crippen molar-refractivity contribution in [3.8, 4) is 5.69 Å². The molecule has 2 aromatic heterocycles. The Balaban J connectivity index is 1.53. The first-order valence-electron chi connectivity index (χ1n) is 8.32. The molecule has 2 heterocycles. The Kier molecular flexibility index (Phi) is 5.14. The maximum atomic E-state index is 12.3. The second kappa shape index (κ2) is 7.87. The summed E-state index contributed by atoms with van der Waals surface area (Å²) in [6.45, 7) is 0. The molecule has 0 spiro atoms. The number of hydrogen-bond donors (Lipinski definition) is 2. The van der Waals surface area contributed by atoms with Gasteiger partial charge < -0.3 is 10.3 Å². The summed E-state index contributed by atoms with van der Waals surface area (Å²) in [5.74, 6) is -0.122. The summed E-state index contributed by atoms with van der Waals surface area (Å²) in [5.41, 5.74) is 1.59. The number of thioether (sulfide) groups is 1. The number of hydrogen-bond acceptors (Lipinski definition) is 5. The molecule has 0 atom stereocenters. The van der Waals surface area contributed by atoms with Gasteiger partial charge in [-0.2, -0.15) is 5.10 Å². The van der Waals surface area contributed by atoms with Crippen LogP contribution in [0, 0.1) is 0 Å². The number of para-hydroxylation sites is 1. The maximum Gasteiger partial charge on any atom is 0.262 e. The van der Waals surface area contributed by atoms with Gasteiger partial charge in [-0.1, -0.05) is 41.6 Å². The van der Waals surface area contributed by atoms with Gasteiger partial charge in [0, 0.05) is 10.7 Å². The number of halogens is 1. The normalized spacial score (nSPS) is 10.9. The first-order valence-corrected chi connectivity index (χ1v) is 9.68. The fourth-order valence-electron chi connectivity index (χ4n) is 2.59. The molecule has 2 N–H and O–H groups in total. The lowest BCUT2D eigenvalue weighted by atomic mass is 10.3. The van der Waals surface area contributed by atoms with Gasteiger partial charge in [-0.3, -0.25) is 9.59 Å². The molecule has 7 nitrogen and oxygen atoms in total. The number of fused-ring (bicyclic) bond motifs is 1. The summed E-state index contributed by atoms with van der Waals surface area (Å²) >= 11 is 6.98. The lowest BCUT2D eigenvalue weighted by molar-refractivity contribution is -0.113. The average molecular weight is 412 g/mol. The summed E-state index contributed by atoms with van der Waals surface area (Å²) in [7, 11) is 0. The smallest absolute Gasteiger partial charge is 0.262 e. The van der Waals surface area contributed by atoms with Gasteiger partial charge in [-0.25, -0.2) is 9.67 Å². The van der Waals surface area contributed by atoms with Crippen LogP contribution in [-0.4, -0.2) is 31.4 Å². The number of aromatic nitrogens is 4. The highest BCUT2D eigenvalue weighted by atomic mass is 35.5. The molecule has 0 radical (unpaired) electrons. The largest absolute Gasteiger partial charge is 0.325 e. The third kappa shape index (κ3) is 3.92. The molecule has 0 aliphatic heterocycles. The number of benzene rings is 2. The van der Waals surface area contributed by atoms with Crippen molar-refractivity contribution < 1.29 is 4.79 Å². The molecule has 0 fully saturated rings. The van der Waals surface area contributed by atoms with E-state index in [1.807, 2.05) is 30.3 Å². The standard InChI is InChI=1S/C19H14ClN5O2S/c20-12-6-8-13(9-7-12)22-16(26)11-28-19-23-17-15(18(27)24-19)10-21-25(17)14-4-2-1-3-5-14/h1-10H,11H2,(H,22,26)(H,23,24,27). The van der Waals surface area contributed by atoms with Crippen LogP contribution < -0.4 is 10.9 Å². The monoisotopic (exact) mass is 411 g/mol. The van der Waals surface area contributed by atoms with E-state index in [0.717, 1.165) is 17.4 Å². The van der Waals surface area contributed by atoms with E-state index in [9.17, 15) is 9.59 Å². The van der Waals surface area contributed by atoms with Crippen LogP contribution in [0.2, 0.25) is 5.02 Å². The molecule has 28 heavy (non-hydrogen) atoms. The van der Waals surface area contributed by atoms with Crippen LogP contribution in [0.3, 0.4) is 0 Å². The highest BCUT2D eigenvalue weighted by Crippen LogP contribution is 2.18. The van der Waals surface area contributed by atoms with Crippen LogP contribution in [0.25, 0.3) is 16.7 Å². The highest BCUT2D eigenvalue weighted by molar-refractivity contribution is 7.99. The second-order valence-corrected chi connectivity index (χ2v) is 7.24. The quantitative estimate of drug-likeness (QED) is 0.387. The van der Waals surface area contributed by atoms with E-state index in [2.05, 4.69) is 20.4 Å². The fraction of sp³-hybridized carbons (Fsp3) is 0.0526. The minimum Gasteiger partial charge on any atom is -0.325 e. The molecule has 1 amide bonds. The van der Waals surface area contributed by atoms with Crippen molar-refractivity contribution in [2.45, 2.75) is 5.16 Å². The zero-order chi connectivity index (χ0) is 19.5. The van der Waals surface area contributed by atoms with Crippen LogP contribution >= 0.6 is 23.4 Å². The molecule has 2 aromatic carbocycles. The molecular formula is C19H14ClN5O2S. The van der Waals surface area contributed by atoms with Crippen LogP contribution in [0.1, 0.15) is 0 Å². The molecule has 0 aliphatic rings. The van der Waals surface area contributed by atoms with Crippen LogP contribution in [0.5, 0.6) is 0 Å².